The molecule has 228 valence electrons. The van der Waals surface area contributed by atoms with Crippen LogP contribution in [-0.2, 0) is 9.53 Å². The summed E-state index contributed by atoms with van der Waals surface area (Å²) in [7, 11) is 0. The first-order valence-electron chi connectivity index (χ1n) is 14.0. The van der Waals surface area contributed by atoms with Crippen molar-refractivity contribution in [1.29, 1.82) is 0 Å². The number of rotatable bonds is 14. The number of hydrogen-bond acceptors (Lipinski definition) is 7. The topological polar surface area (TPSA) is 132 Å². The summed E-state index contributed by atoms with van der Waals surface area (Å²) >= 11 is 3.39. The van der Waals surface area contributed by atoms with E-state index in [2.05, 4.69) is 26.6 Å². The van der Waals surface area contributed by atoms with Crippen LogP contribution in [0.25, 0.3) is 0 Å². The minimum atomic E-state index is -0.830. The highest BCUT2D eigenvalue weighted by molar-refractivity contribution is 9.10. The third-order valence-electron chi connectivity index (χ3n) is 6.37. The summed E-state index contributed by atoms with van der Waals surface area (Å²) in [6.07, 6.45) is 1.91. The van der Waals surface area contributed by atoms with Gasteiger partial charge in [-0.2, -0.15) is 0 Å². The number of nitrogens with two attached hydrogens (primary N) is 1. The van der Waals surface area contributed by atoms with Gasteiger partial charge in [0.2, 0.25) is 5.91 Å². The van der Waals surface area contributed by atoms with Gasteiger partial charge in [0.1, 0.15) is 24.2 Å². The number of para-hydroxylation sites is 3. The Morgan fingerprint density at radius 1 is 0.864 bits per heavy atom. The van der Waals surface area contributed by atoms with Gasteiger partial charge in [0.05, 0.1) is 18.0 Å². The van der Waals surface area contributed by atoms with Crippen LogP contribution in [0.3, 0.4) is 0 Å². The number of aliphatic hydroxyl groups excluding tert-OH is 1. The number of hydrogen-bond donors (Lipinski definition) is 4. The molecule has 2 atom stereocenters. The molecule has 0 radical (unpaired) electrons. The van der Waals surface area contributed by atoms with E-state index in [0.717, 1.165) is 4.47 Å². The van der Waals surface area contributed by atoms with Crippen molar-refractivity contribution in [2.24, 2.45) is 0 Å². The van der Waals surface area contributed by atoms with Crippen LogP contribution in [0.4, 0.5) is 21.9 Å². The van der Waals surface area contributed by atoms with E-state index in [1.807, 2.05) is 42.5 Å². The number of carbonyl (C=O) groups is 2. The number of benzene rings is 4. The lowest BCUT2D eigenvalue weighted by atomic mass is 10.00. The van der Waals surface area contributed by atoms with Crippen molar-refractivity contribution in [2.75, 3.05) is 29.6 Å². The predicted molar refractivity (Wildman–Crippen MR) is 175 cm³/mol. The Bertz CT molecular complexity index is 1510. The van der Waals surface area contributed by atoms with Crippen LogP contribution in [0, 0.1) is 0 Å². The van der Waals surface area contributed by atoms with Gasteiger partial charge in [0, 0.05) is 10.2 Å². The summed E-state index contributed by atoms with van der Waals surface area (Å²) in [6, 6.07) is 30.5. The predicted octanol–water partition coefficient (Wildman–Crippen LogP) is 7.11. The smallest absolute Gasteiger partial charge is 0.412 e. The monoisotopic (exact) mass is 659 g/mol. The van der Waals surface area contributed by atoms with Gasteiger partial charge in [0.15, 0.2) is 6.10 Å². The largest absolute Gasteiger partial charge is 0.491 e. The molecule has 0 bridgehead atoms. The molecule has 4 aromatic carbocycles. The maximum Gasteiger partial charge on any atom is 0.412 e. The molecule has 0 saturated heterocycles. The fraction of sp³-hybridized carbons (Fsp3) is 0.176. The minimum absolute atomic E-state index is 0.110. The van der Waals surface area contributed by atoms with Crippen LogP contribution in [0.5, 0.6) is 11.5 Å². The average molecular weight is 661 g/mol. The lowest BCUT2D eigenvalue weighted by Gasteiger charge is -2.28. The van der Waals surface area contributed by atoms with Gasteiger partial charge < -0.3 is 30.4 Å². The zero-order chi connectivity index (χ0) is 31.1. The Labute approximate surface area is 264 Å². The Hall–Kier alpha value is -4.80. The summed E-state index contributed by atoms with van der Waals surface area (Å²) in [5, 5.41) is 14.6. The van der Waals surface area contributed by atoms with Gasteiger partial charge in [-0.15, -0.1) is 0 Å². The first-order valence-corrected chi connectivity index (χ1v) is 14.8. The van der Waals surface area contributed by atoms with E-state index in [4.69, 9.17) is 25.1 Å². The van der Waals surface area contributed by atoms with E-state index in [-0.39, 0.29) is 19.1 Å². The number of nitrogen functional groups attached to an aromatic ring is 1. The minimum Gasteiger partial charge on any atom is -0.491 e. The molecule has 0 aliphatic carbocycles. The Kier molecular flexibility index (Phi) is 12.2. The summed E-state index contributed by atoms with van der Waals surface area (Å²) in [6.45, 7) is 0.0480. The molecular weight excluding hydrogens is 626 g/mol. The quantitative estimate of drug-likeness (QED) is 0.0837. The number of anilines is 3. The second kappa shape index (κ2) is 16.7. The third-order valence-corrected chi connectivity index (χ3v) is 6.90. The van der Waals surface area contributed by atoms with Crippen molar-refractivity contribution in [2.45, 2.75) is 25.0 Å². The number of ether oxygens (including phenoxy) is 3. The van der Waals surface area contributed by atoms with Crippen molar-refractivity contribution < 1.29 is 28.9 Å². The van der Waals surface area contributed by atoms with Gasteiger partial charge in [-0.3, -0.25) is 10.1 Å². The van der Waals surface area contributed by atoms with Crippen molar-refractivity contribution >= 4 is 45.0 Å². The van der Waals surface area contributed by atoms with Crippen LogP contribution >= 0.6 is 15.9 Å². The molecule has 0 heterocycles. The summed E-state index contributed by atoms with van der Waals surface area (Å²) in [4.78, 5) is 25.6. The molecule has 0 saturated carbocycles. The van der Waals surface area contributed by atoms with E-state index in [1.54, 1.807) is 66.7 Å². The fourth-order valence-electron chi connectivity index (χ4n) is 4.25. The molecule has 5 N–H and O–H groups in total. The molecular formula is C34H34BrN3O6. The lowest BCUT2D eigenvalue weighted by molar-refractivity contribution is -0.111. The number of aliphatic hydroxyl groups is 1. The molecule has 0 aliphatic heterocycles. The number of carbonyl (C=O) groups excluding carboxylic acids is 2. The zero-order valence-electron chi connectivity index (χ0n) is 23.9. The van der Waals surface area contributed by atoms with Crippen molar-refractivity contribution in [3.63, 3.8) is 0 Å². The Balaban J connectivity index is 1.54. The highest BCUT2D eigenvalue weighted by Gasteiger charge is 2.29. The van der Waals surface area contributed by atoms with Crippen LogP contribution < -0.4 is 25.8 Å². The van der Waals surface area contributed by atoms with E-state index in [9.17, 15) is 9.59 Å². The molecule has 4 aromatic rings. The maximum atomic E-state index is 13.1. The molecule has 0 aliphatic rings. The number of allylic oxidation sites excluding steroid dienone is 1. The van der Waals surface area contributed by atoms with E-state index < -0.39 is 18.3 Å². The molecule has 0 unspecified atom stereocenters. The van der Waals surface area contributed by atoms with Crippen molar-refractivity contribution in [3.8, 4) is 11.5 Å². The SMILES string of the molecule is Nc1ccccc1NC(=O)/C=C/CC[C@@H](Oc1ccccc1)[C@H](OC(=O)Nc1ccc(Br)cc1)c1ccc(OCCO)cc1. The third kappa shape index (κ3) is 10.2. The van der Waals surface area contributed by atoms with E-state index in [0.29, 0.717) is 47.0 Å². The Morgan fingerprint density at radius 3 is 2.27 bits per heavy atom. The van der Waals surface area contributed by atoms with Gasteiger partial charge in [-0.1, -0.05) is 64.5 Å². The van der Waals surface area contributed by atoms with E-state index in [1.165, 1.54) is 6.08 Å². The van der Waals surface area contributed by atoms with Gasteiger partial charge in [-0.25, -0.2) is 4.79 Å². The van der Waals surface area contributed by atoms with Gasteiger partial charge >= 0.3 is 6.09 Å². The highest BCUT2D eigenvalue weighted by atomic mass is 79.9. The second-order valence-electron chi connectivity index (χ2n) is 9.62. The first kappa shape index (κ1) is 32.1. The normalized spacial score (nSPS) is 12.2. The molecule has 2 amide bonds. The molecule has 9 nitrogen and oxygen atoms in total. The first-order chi connectivity index (χ1) is 21.4. The van der Waals surface area contributed by atoms with E-state index >= 15 is 0 Å². The number of halogens is 1. The molecule has 0 fully saturated rings. The van der Waals surface area contributed by atoms with Crippen molar-refractivity contribution in [3.05, 3.63) is 125 Å². The molecule has 44 heavy (non-hydrogen) atoms. The summed E-state index contributed by atoms with van der Waals surface area (Å²) in [5.41, 5.74) is 8.18. The second-order valence-corrected chi connectivity index (χ2v) is 10.5. The number of amides is 2. The van der Waals surface area contributed by atoms with Crippen LogP contribution in [0.1, 0.15) is 24.5 Å². The maximum absolute atomic E-state index is 13.1. The standard InChI is InChI=1S/C34H34BrN3O6/c35-25-16-18-26(19-17-25)37-34(41)44-33(24-14-20-27(21-15-24)42-23-22-39)31(43-28-8-2-1-3-9-28)12-6-7-13-32(40)38-30-11-5-4-10-29(30)36/h1-5,7-11,13-21,31,33,39H,6,12,22-23,36H2,(H,37,41)(H,38,40)/b13-7+/t31-,33-/m1/s1. The average Bonchev–Trinajstić information content (AvgIpc) is 3.03. The fourth-order valence-corrected chi connectivity index (χ4v) is 4.52. The van der Waals surface area contributed by atoms with Gasteiger partial charge in [0.25, 0.3) is 0 Å². The van der Waals surface area contributed by atoms with Crippen LogP contribution in [0.2, 0.25) is 0 Å². The lowest BCUT2D eigenvalue weighted by Crippen LogP contribution is -2.31. The van der Waals surface area contributed by atoms with Gasteiger partial charge in [-0.05, 0) is 85.1 Å². The summed E-state index contributed by atoms with van der Waals surface area (Å²) in [5.74, 6) is 0.849. The summed E-state index contributed by atoms with van der Waals surface area (Å²) < 4.78 is 18.8. The van der Waals surface area contributed by atoms with Crippen LogP contribution in [0.15, 0.2) is 120 Å². The molecule has 4 rings (SSSR count). The van der Waals surface area contributed by atoms with Crippen molar-refractivity contribution in [1.82, 2.24) is 0 Å². The van der Waals surface area contributed by atoms with Crippen LogP contribution in [-0.4, -0.2) is 36.4 Å². The molecule has 0 aromatic heterocycles. The zero-order valence-corrected chi connectivity index (χ0v) is 25.5. The molecule has 10 heteroatoms. The molecule has 0 spiro atoms. The number of nitrogens with one attached hydrogen (secondary N) is 2. The highest BCUT2D eigenvalue weighted by Crippen LogP contribution is 2.31. The Morgan fingerprint density at radius 2 is 1.57 bits per heavy atom.